The third-order valence-electron chi connectivity index (χ3n) is 4.68. The zero-order valence-electron chi connectivity index (χ0n) is 15.3. The topological polar surface area (TPSA) is 48.5 Å². The van der Waals surface area contributed by atoms with Crippen molar-refractivity contribution in [3.05, 3.63) is 23.8 Å². The van der Waals surface area contributed by atoms with Crippen LogP contribution in [-0.4, -0.2) is 55.1 Å². The van der Waals surface area contributed by atoms with Crippen molar-refractivity contribution in [2.45, 2.75) is 33.1 Å². The van der Waals surface area contributed by atoms with Gasteiger partial charge in [-0.25, -0.2) is 4.98 Å². The second-order valence-electron chi connectivity index (χ2n) is 6.75. The molecule has 1 aromatic heterocycles. The molecule has 0 aliphatic carbocycles. The van der Waals surface area contributed by atoms with Gasteiger partial charge in [-0.1, -0.05) is 30.7 Å². The van der Waals surface area contributed by atoms with E-state index in [4.69, 9.17) is 4.98 Å². The first-order valence-corrected chi connectivity index (χ1v) is 10.1. The highest BCUT2D eigenvalue weighted by atomic mass is 32.1. The van der Waals surface area contributed by atoms with Crippen LogP contribution in [-0.2, 0) is 4.79 Å². The number of thiazole rings is 1. The van der Waals surface area contributed by atoms with E-state index >= 15 is 0 Å². The van der Waals surface area contributed by atoms with Gasteiger partial charge in [0.1, 0.15) is 0 Å². The fourth-order valence-electron chi connectivity index (χ4n) is 3.10. The lowest BCUT2D eigenvalue weighted by atomic mass is 10.2. The van der Waals surface area contributed by atoms with Crippen molar-refractivity contribution in [1.82, 2.24) is 15.2 Å². The molecule has 5 nitrogen and oxygen atoms in total. The maximum Gasteiger partial charge on any atom is 0.220 e. The van der Waals surface area contributed by atoms with Crippen molar-refractivity contribution in [2.75, 3.05) is 44.2 Å². The number of carbonyl (C=O) groups excluding carboxylic acids is 1. The molecule has 0 spiro atoms. The Bertz CT molecular complexity index is 707. The van der Waals surface area contributed by atoms with Crippen LogP contribution < -0.4 is 10.2 Å². The second kappa shape index (κ2) is 8.63. The minimum Gasteiger partial charge on any atom is -0.355 e. The summed E-state index contributed by atoms with van der Waals surface area (Å²) in [6.07, 6.45) is 2.70. The van der Waals surface area contributed by atoms with E-state index < -0.39 is 0 Å². The highest BCUT2D eigenvalue weighted by Gasteiger charge is 2.19. The average molecular weight is 361 g/mol. The number of aryl methyl sites for hydroxylation is 1. The first-order chi connectivity index (χ1) is 12.2. The molecule has 1 saturated heterocycles. The third-order valence-corrected chi connectivity index (χ3v) is 5.76. The maximum absolute atomic E-state index is 11.6. The molecule has 1 aliphatic heterocycles. The van der Waals surface area contributed by atoms with E-state index in [1.807, 2.05) is 0 Å². The zero-order valence-corrected chi connectivity index (χ0v) is 16.1. The number of carbonyl (C=O) groups is 1. The number of anilines is 1. The van der Waals surface area contributed by atoms with Gasteiger partial charge in [0, 0.05) is 45.7 Å². The summed E-state index contributed by atoms with van der Waals surface area (Å²) in [7, 11) is 0. The van der Waals surface area contributed by atoms with Gasteiger partial charge >= 0.3 is 0 Å². The first-order valence-electron chi connectivity index (χ1n) is 9.27. The molecule has 0 saturated carbocycles. The van der Waals surface area contributed by atoms with Gasteiger partial charge in [0.05, 0.1) is 10.2 Å². The summed E-state index contributed by atoms with van der Waals surface area (Å²) < 4.78 is 1.27. The molecular weight excluding hydrogens is 332 g/mol. The molecule has 1 aliphatic rings. The molecule has 0 radical (unpaired) electrons. The second-order valence-corrected chi connectivity index (χ2v) is 7.76. The summed E-state index contributed by atoms with van der Waals surface area (Å²) in [4.78, 5) is 21.2. The number of rotatable bonds is 7. The summed E-state index contributed by atoms with van der Waals surface area (Å²) in [6, 6.07) is 6.45. The minimum absolute atomic E-state index is 0.185. The molecular formula is C19H28N4OS. The lowest BCUT2D eigenvalue weighted by Crippen LogP contribution is -2.48. The number of hydrogen-bond acceptors (Lipinski definition) is 5. The van der Waals surface area contributed by atoms with Crippen LogP contribution in [0.4, 0.5) is 5.13 Å². The molecule has 136 valence electrons. The Morgan fingerprint density at radius 1 is 1.28 bits per heavy atom. The van der Waals surface area contributed by atoms with Crippen molar-refractivity contribution in [2.24, 2.45) is 0 Å². The van der Waals surface area contributed by atoms with Crippen molar-refractivity contribution >= 4 is 32.6 Å². The van der Waals surface area contributed by atoms with E-state index in [0.717, 1.165) is 62.8 Å². The van der Waals surface area contributed by atoms with Crippen LogP contribution in [0.3, 0.4) is 0 Å². The lowest BCUT2D eigenvalue weighted by Gasteiger charge is -2.34. The van der Waals surface area contributed by atoms with Crippen LogP contribution in [0.15, 0.2) is 18.2 Å². The fourth-order valence-corrected chi connectivity index (χ4v) is 4.21. The Kier molecular flexibility index (Phi) is 6.26. The number of benzene rings is 1. The Balaban J connectivity index is 1.44. The minimum atomic E-state index is 0.185. The van der Waals surface area contributed by atoms with Crippen molar-refractivity contribution in [3.63, 3.8) is 0 Å². The first kappa shape index (κ1) is 18.1. The number of nitrogens with one attached hydrogen (secondary N) is 1. The molecule has 2 heterocycles. The predicted octanol–water partition coefficient (Wildman–Crippen LogP) is 3.03. The monoisotopic (exact) mass is 360 g/mol. The fraction of sp³-hybridized carbons (Fsp3) is 0.579. The molecule has 0 unspecified atom stereocenters. The van der Waals surface area contributed by atoms with Crippen LogP contribution in [0.5, 0.6) is 0 Å². The van der Waals surface area contributed by atoms with Gasteiger partial charge in [0.15, 0.2) is 5.13 Å². The third kappa shape index (κ3) is 4.92. The number of amides is 1. The standard InChI is InChI=1S/C19H28N4OS/c1-3-4-5-18(24)20-8-9-22-10-12-23(13-11-22)19-21-16-7-6-15(2)14-17(16)25-19/h6-7,14H,3-5,8-13H2,1-2H3,(H,20,24). The lowest BCUT2D eigenvalue weighted by molar-refractivity contribution is -0.121. The molecule has 1 aromatic carbocycles. The quantitative estimate of drug-likeness (QED) is 0.824. The number of fused-ring (bicyclic) bond motifs is 1. The van der Waals surface area contributed by atoms with E-state index in [0.29, 0.717) is 6.42 Å². The molecule has 0 atom stereocenters. The highest BCUT2D eigenvalue weighted by molar-refractivity contribution is 7.22. The number of hydrogen-bond donors (Lipinski definition) is 1. The van der Waals surface area contributed by atoms with E-state index in [-0.39, 0.29) is 5.91 Å². The molecule has 2 aromatic rings. The van der Waals surface area contributed by atoms with Crippen molar-refractivity contribution in [3.8, 4) is 0 Å². The Morgan fingerprint density at radius 2 is 2.08 bits per heavy atom. The van der Waals surface area contributed by atoms with E-state index in [1.165, 1.54) is 10.3 Å². The van der Waals surface area contributed by atoms with Gasteiger partial charge in [0.25, 0.3) is 0 Å². The maximum atomic E-state index is 11.6. The van der Waals surface area contributed by atoms with Gasteiger partial charge in [-0.05, 0) is 31.0 Å². The van der Waals surface area contributed by atoms with Crippen LogP contribution in [0.25, 0.3) is 10.2 Å². The Labute approximate surface area is 154 Å². The number of nitrogens with zero attached hydrogens (tertiary/aromatic N) is 3. The molecule has 1 fully saturated rings. The molecule has 6 heteroatoms. The zero-order chi connectivity index (χ0) is 17.6. The van der Waals surface area contributed by atoms with Gasteiger partial charge in [-0.15, -0.1) is 0 Å². The summed E-state index contributed by atoms with van der Waals surface area (Å²) in [5, 5.41) is 4.16. The molecule has 0 bridgehead atoms. The number of aromatic nitrogens is 1. The Hall–Kier alpha value is -1.66. The summed E-state index contributed by atoms with van der Waals surface area (Å²) in [5.41, 5.74) is 2.39. The molecule has 25 heavy (non-hydrogen) atoms. The van der Waals surface area contributed by atoms with Crippen LogP contribution >= 0.6 is 11.3 Å². The van der Waals surface area contributed by atoms with Crippen LogP contribution in [0.2, 0.25) is 0 Å². The van der Waals surface area contributed by atoms with Crippen molar-refractivity contribution in [1.29, 1.82) is 0 Å². The average Bonchev–Trinajstić information content (AvgIpc) is 3.03. The van der Waals surface area contributed by atoms with Gasteiger partial charge < -0.3 is 10.2 Å². The summed E-state index contributed by atoms with van der Waals surface area (Å²) in [6.45, 7) is 9.98. The summed E-state index contributed by atoms with van der Waals surface area (Å²) >= 11 is 1.79. The number of unbranched alkanes of at least 4 members (excludes halogenated alkanes) is 1. The Morgan fingerprint density at radius 3 is 2.84 bits per heavy atom. The van der Waals surface area contributed by atoms with Gasteiger partial charge in [0.2, 0.25) is 5.91 Å². The highest BCUT2D eigenvalue weighted by Crippen LogP contribution is 2.29. The van der Waals surface area contributed by atoms with E-state index in [9.17, 15) is 4.79 Å². The molecule has 1 N–H and O–H groups in total. The number of piperazine rings is 1. The van der Waals surface area contributed by atoms with E-state index in [2.05, 4.69) is 47.2 Å². The summed E-state index contributed by atoms with van der Waals surface area (Å²) in [5.74, 6) is 0.185. The smallest absolute Gasteiger partial charge is 0.220 e. The van der Waals surface area contributed by atoms with Gasteiger partial charge in [-0.3, -0.25) is 9.69 Å². The van der Waals surface area contributed by atoms with Crippen LogP contribution in [0.1, 0.15) is 31.7 Å². The molecule has 1 amide bonds. The normalized spacial score (nSPS) is 15.7. The SMILES string of the molecule is CCCCC(=O)NCCN1CCN(c2nc3ccc(C)cc3s2)CC1. The molecule has 3 rings (SSSR count). The predicted molar refractivity (Wildman–Crippen MR) is 106 cm³/mol. The van der Waals surface area contributed by atoms with Crippen LogP contribution in [0, 0.1) is 6.92 Å². The van der Waals surface area contributed by atoms with Gasteiger partial charge in [-0.2, -0.15) is 0 Å². The van der Waals surface area contributed by atoms with E-state index in [1.54, 1.807) is 11.3 Å². The van der Waals surface area contributed by atoms with Crippen molar-refractivity contribution < 1.29 is 4.79 Å². The largest absolute Gasteiger partial charge is 0.355 e.